The van der Waals surface area contributed by atoms with Crippen molar-refractivity contribution in [3.63, 3.8) is 0 Å². The summed E-state index contributed by atoms with van der Waals surface area (Å²) in [6.45, 7) is 4.20. The van der Waals surface area contributed by atoms with E-state index in [1.807, 2.05) is 0 Å². The zero-order valence-corrected chi connectivity index (χ0v) is 11.5. The van der Waals surface area contributed by atoms with Crippen LogP contribution in [0.25, 0.3) is 0 Å². The van der Waals surface area contributed by atoms with E-state index in [1.165, 1.54) is 20.8 Å². The van der Waals surface area contributed by atoms with Crippen molar-refractivity contribution < 1.29 is 30.0 Å². The van der Waals surface area contributed by atoms with Crippen LogP contribution in [0.5, 0.6) is 0 Å². The average Bonchev–Trinajstić information content (AvgIpc) is 2.26. The fourth-order valence-corrected chi connectivity index (χ4v) is 0.831. The maximum atomic E-state index is 11.3. The van der Waals surface area contributed by atoms with Crippen LogP contribution in [0.15, 0.2) is 0 Å². The molecule has 0 radical (unpaired) electrons. The molecule has 0 aliphatic carbocycles. The Morgan fingerprint density at radius 1 is 1.32 bits per heavy atom. The van der Waals surface area contributed by atoms with E-state index in [-0.39, 0.29) is 19.6 Å². The Morgan fingerprint density at radius 3 is 2.05 bits per heavy atom. The van der Waals surface area contributed by atoms with E-state index in [9.17, 15) is 14.7 Å². The van der Waals surface area contributed by atoms with E-state index in [2.05, 4.69) is 11.1 Å². The Labute approximate surface area is 112 Å². The number of aliphatic hydroxyl groups is 3. The molecule has 0 saturated heterocycles. The standard InChI is InChI=1S/C9H17NO5.C2H7NO/c1-9(2,5-11)7(14)8(15)10-4-3-6(12)13;1-2(3)4/h7,11,14H,3-5H2,1-2H3,(H,10,15)(H,12,13);2,4H,3H2,1H3/t7-;/m0./s1. The molecule has 8 nitrogen and oxygen atoms in total. The van der Waals surface area contributed by atoms with Gasteiger partial charge >= 0.3 is 5.97 Å². The largest absolute Gasteiger partial charge is 0.481 e. The number of carboxylic acids is 1. The van der Waals surface area contributed by atoms with Gasteiger partial charge in [0.15, 0.2) is 0 Å². The van der Waals surface area contributed by atoms with Crippen molar-refractivity contribution in [3.8, 4) is 0 Å². The van der Waals surface area contributed by atoms with Crippen molar-refractivity contribution in [2.75, 3.05) is 13.2 Å². The third-order valence-corrected chi connectivity index (χ3v) is 2.03. The Bertz CT molecular complexity index is 278. The molecule has 0 aromatic carbocycles. The van der Waals surface area contributed by atoms with Crippen molar-refractivity contribution in [1.82, 2.24) is 5.32 Å². The van der Waals surface area contributed by atoms with Gasteiger partial charge in [0.1, 0.15) is 6.10 Å². The minimum absolute atomic E-state index is 0.0350. The summed E-state index contributed by atoms with van der Waals surface area (Å²) in [6, 6.07) is 0. The predicted molar refractivity (Wildman–Crippen MR) is 68.0 cm³/mol. The number of carbonyl (C=O) groups excluding carboxylic acids is 1. The van der Waals surface area contributed by atoms with Crippen molar-refractivity contribution in [2.24, 2.45) is 11.1 Å². The van der Waals surface area contributed by atoms with Crippen LogP contribution >= 0.6 is 0 Å². The second-order valence-corrected chi connectivity index (χ2v) is 4.72. The van der Waals surface area contributed by atoms with Gasteiger partial charge in [0.05, 0.1) is 19.3 Å². The van der Waals surface area contributed by atoms with E-state index in [1.54, 1.807) is 0 Å². The minimum Gasteiger partial charge on any atom is -0.481 e. The van der Waals surface area contributed by atoms with Gasteiger partial charge in [0, 0.05) is 12.0 Å². The Morgan fingerprint density at radius 2 is 1.74 bits per heavy atom. The summed E-state index contributed by atoms with van der Waals surface area (Å²) >= 11 is 0. The second-order valence-electron chi connectivity index (χ2n) is 4.72. The molecule has 114 valence electrons. The maximum Gasteiger partial charge on any atom is 0.305 e. The molecule has 2 atom stereocenters. The maximum absolute atomic E-state index is 11.3. The molecule has 0 saturated carbocycles. The molecule has 0 aromatic heterocycles. The lowest BCUT2D eigenvalue weighted by Crippen LogP contribution is -2.45. The first kappa shape index (κ1) is 20.1. The van der Waals surface area contributed by atoms with Crippen LogP contribution in [0, 0.1) is 5.41 Å². The molecule has 0 heterocycles. The lowest BCUT2D eigenvalue weighted by molar-refractivity contribution is -0.138. The monoisotopic (exact) mass is 280 g/mol. The van der Waals surface area contributed by atoms with E-state index >= 15 is 0 Å². The number of hydrogen-bond acceptors (Lipinski definition) is 6. The molecule has 19 heavy (non-hydrogen) atoms. The Kier molecular flexibility index (Phi) is 10.2. The van der Waals surface area contributed by atoms with Crippen LogP contribution in [0.3, 0.4) is 0 Å². The van der Waals surface area contributed by atoms with Crippen molar-refractivity contribution in [3.05, 3.63) is 0 Å². The number of aliphatic carboxylic acids is 1. The zero-order valence-electron chi connectivity index (χ0n) is 11.5. The second kappa shape index (κ2) is 9.68. The topological polar surface area (TPSA) is 153 Å². The molecular formula is C11H24N2O6. The first-order chi connectivity index (χ1) is 8.54. The van der Waals surface area contributed by atoms with Crippen LogP contribution in [-0.4, -0.2) is 57.8 Å². The third-order valence-electron chi connectivity index (χ3n) is 2.03. The zero-order chi connectivity index (χ0) is 15.6. The molecule has 1 amide bonds. The molecule has 0 aliphatic rings. The molecule has 0 rings (SSSR count). The summed E-state index contributed by atoms with van der Waals surface area (Å²) in [6.07, 6.45) is -2.21. The van der Waals surface area contributed by atoms with E-state index in [4.69, 9.17) is 15.3 Å². The summed E-state index contributed by atoms with van der Waals surface area (Å²) in [7, 11) is 0. The highest BCUT2D eigenvalue weighted by atomic mass is 16.4. The normalized spacial score (nSPS) is 13.8. The molecule has 1 unspecified atom stereocenters. The number of aliphatic hydroxyl groups excluding tert-OH is 3. The van der Waals surface area contributed by atoms with Crippen molar-refractivity contribution in [2.45, 2.75) is 39.5 Å². The quantitative estimate of drug-likeness (QED) is 0.315. The van der Waals surface area contributed by atoms with Crippen LogP contribution in [0.2, 0.25) is 0 Å². The van der Waals surface area contributed by atoms with Gasteiger partial charge in [-0.25, -0.2) is 0 Å². The van der Waals surface area contributed by atoms with Crippen LogP contribution in [-0.2, 0) is 9.59 Å². The van der Waals surface area contributed by atoms with Gasteiger partial charge in [0.25, 0.3) is 0 Å². The van der Waals surface area contributed by atoms with E-state index < -0.39 is 29.6 Å². The minimum atomic E-state index is -1.35. The van der Waals surface area contributed by atoms with Gasteiger partial charge in [-0.15, -0.1) is 0 Å². The van der Waals surface area contributed by atoms with Gasteiger partial charge in [-0.3, -0.25) is 9.59 Å². The molecule has 8 heteroatoms. The average molecular weight is 280 g/mol. The molecule has 7 N–H and O–H groups in total. The van der Waals surface area contributed by atoms with Crippen LogP contribution in [0.4, 0.5) is 0 Å². The predicted octanol–water partition coefficient (Wildman–Crippen LogP) is -1.76. The summed E-state index contributed by atoms with van der Waals surface area (Å²) in [5, 5.41) is 36.8. The van der Waals surface area contributed by atoms with Gasteiger partial charge in [-0.05, 0) is 6.92 Å². The van der Waals surface area contributed by atoms with Crippen LogP contribution in [0.1, 0.15) is 27.2 Å². The number of hydrogen-bond donors (Lipinski definition) is 6. The SMILES string of the molecule is CC(C)(CO)[C@@H](O)C(=O)NCCC(=O)O.CC(N)O. The first-order valence-corrected chi connectivity index (χ1v) is 5.76. The van der Waals surface area contributed by atoms with E-state index in [0.29, 0.717) is 0 Å². The number of amides is 1. The molecular weight excluding hydrogens is 256 g/mol. The molecule has 0 bridgehead atoms. The first-order valence-electron chi connectivity index (χ1n) is 5.76. The number of carboxylic acid groups (broad SMARTS) is 1. The lowest BCUT2D eigenvalue weighted by atomic mass is 9.87. The highest BCUT2D eigenvalue weighted by Gasteiger charge is 2.32. The number of nitrogens with two attached hydrogens (primary N) is 1. The smallest absolute Gasteiger partial charge is 0.305 e. The number of rotatable bonds is 6. The summed E-state index contributed by atoms with van der Waals surface area (Å²) < 4.78 is 0. The van der Waals surface area contributed by atoms with E-state index in [0.717, 1.165) is 0 Å². The van der Waals surface area contributed by atoms with Gasteiger partial charge in [-0.2, -0.15) is 0 Å². The lowest BCUT2D eigenvalue weighted by Gasteiger charge is -2.26. The van der Waals surface area contributed by atoms with Gasteiger partial charge in [0.2, 0.25) is 5.91 Å². The molecule has 0 aliphatic heterocycles. The fourth-order valence-electron chi connectivity index (χ4n) is 0.831. The van der Waals surface area contributed by atoms with Gasteiger partial charge < -0.3 is 31.5 Å². The fraction of sp³-hybridized carbons (Fsp3) is 0.818. The molecule has 0 aromatic rings. The summed E-state index contributed by atoms with van der Waals surface area (Å²) in [5.74, 6) is -1.69. The highest BCUT2D eigenvalue weighted by Crippen LogP contribution is 2.19. The molecule has 0 fully saturated rings. The van der Waals surface area contributed by atoms with Crippen molar-refractivity contribution in [1.29, 1.82) is 0 Å². The van der Waals surface area contributed by atoms with Crippen LogP contribution < -0.4 is 11.1 Å². The summed E-state index contributed by atoms with van der Waals surface area (Å²) in [4.78, 5) is 21.4. The Hall–Kier alpha value is -1.22. The third kappa shape index (κ3) is 11.6. The molecule has 0 spiro atoms. The summed E-state index contributed by atoms with van der Waals surface area (Å²) in [5.41, 5.74) is 3.73. The Balaban J connectivity index is 0. The van der Waals surface area contributed by atoms with Gasteiger partial charge in [-0.1, -0.05) is 13.8 Å². The number of nitrogens with one attached hydrogen (secondary N) is 1. The number of carbonyl (C=O) groups is 2. The highest BCUT2D eigenvalue weighted by molar-refractivity contribution is 5.81. The van der Waals surface area contributed by atoms with Crippen molar-refractivity contribution >= 4 is 11.9 Å².